The molecule has 1 unspecified atom stereocenters. The Morgan fingerprint density at radius 1 is 1.22 bits per heavy atom. The monoisotopic (exact) mass is 318 g/mol. The molecule has 1 N–H and O–H groups in total. The highest BCUT2D eigenvalue weighted by atomic mass is 16.5. The minimum Gasteiger partial charge on any atom is -0.394 e. The van der Waals surface area contributed by atoms with Gasteiger partial charge in [0.2, 0.25) is 5.91 Å². The maximum atomic E-state index is 12.3. The van der Waals surface area contributed by atoms with E-state index in [2.05, 4.69) is 0 Å². The smallest absolute Gasteiger partial charge is 0.261 e. The molecule has 2 aliphatic heterocycles. The summed E-state index contributed by atoms with van der Waals surface area (Å²) in [6, 6.07) is 6.28. The number of fused-ring (bicyclic) bond motifs is 1. The predicted molar refractivity (Wildman–Crippen MR) is 79.8 cm³/mol. The Morgan fingerprint density at radius 2 is 1.87 bits per heavy atom. The molecule has 1 saturated heterocycles. The van der Waals surface area contributed by atoms with Crippen LogP contribution in [0.5, 0.6) is 0 Å². The van der Waals surface area contributed by atoms with Crippen LogP contribution in [0.2, 0.25) is 0 Å². The number of nitrogens with zero attached hydrogens (tertiary/aromatic N) is 2. The van der Waals surface area contributed by atoms with Crippen LogP contribution in [0.1, 0.15) is 27.1 Å². The van der Waals surface area contributed by atoms with E-state index >= 15 is 0 Å². The van der Waals surface area contributed by atoms with E-state index in [0.717, 1.165) is 4.90 Å². The van der Waals surface area contributed by atoms with Crippen molar-refractivity contribution in [1.29, 1.82) is 0 Å². The standard InChI is InChI=1S/C16H18N2O5/c19-9-11-10-23-8-7-17(11)14(20)5-6-18-15(21)12-3-1-2-4-13(12)16(18)22/h1-4,11,19H,5-10H2. The maximum absolute atomic E-state index is 12.3. The van der Waals surface area contributed by atoms with Crippen molar-refractivity contribution >= 4 is 17.7 Å². The third-order valence-electron chi connectivity index (χ3n) is 4.19. The molecular formula is C16H18N2O5. The summed E-state index contributed by atoms with van der Waals surface area (Å²) < 4.78 is 5.24. The molecule has 0 saturated carbocycles. The van der Waals surface area contributed by atoms with Gasteiger partial charge in [-0.05, 0) is 12.1 Å². The average Bonchev–Trinajstić information content (AvgIpc) is 2.84. The molecule has 2 aliphatic rings. The number of imide groups is 1. The van der Waals surface area contributed by atoms with Crippen molar-refractivity contribution in [2.24, 2.45) is 0 Å². The van der Waals surface area contributed by atoms with Crippen LogP contribution < -0.4 is 0 Å². The molecule has 3 amide bonds. The van der Waals surface area contributed by atoms with Crippen molar-refractivity contribution in [1.82, 2.24) is 9.80 Å². The van der Waals surface area contributed by atoms with Gasteiger partial charge in [-0.2, -0.15) is 0 Å². The van der Waals surface area contributed by atoms with Crippen molar-refractivity contribution in [2.45, 2.75) is 12.5 Å². The van der Waals surface area contributed by atoms with E-state index in [9.17, 15) is 19.5 Å². The van der Waals surface area contributed by atoms with Crippen molar-refractivity contribution in [3.63, 3.8) is 0 Å². The lowest BCUT2D eigenvalue weighted by Gasteiger charge is -2.34. The zero-order valence-corrected chi connectivity index (χ0v) is 12.6. The SMILES string of the molecule is O=C1c2ccccc2C(=O)N1CCC(=O)N1CCOCC1CO. The number of carbonyl (C=O) groups is 3. The van der Waals surface area contributed by atoms with Gasteiger partial charge in [0.25, 0.3) is 11.8 Å². The first kappa shape index (κ1) is 15.6. The summed E-state index contributed by atoms with van der Waals surface area (Å²) in [4.78, 5) is 39.5. The Balaban J connectivity index is 1.64. The molecular weight excluding hydrogens is 300 g/mol. The number of benzene rings is 1. The summed E-state index contributed by atoms with van der Waals surface area (Å²) in [7, 11) is 0. The Morgan fingerprint density at radius 3 is 2.48 bits per heavy atom. The fraction of sp³-hybridized carbons (Fsp3) is 0.438. The summed E-state index contributed by atoms with van der Waals surface area (Å²) in [5, 5.41) is 9.30. The molecule has 1 aromatic rings. The Bertz CT molecular complexity index is 610. The molecule has 1 aromatic carbocycles. The molecule has 7 heteroatoms. The third-order valence-corrected chi connectivity index (χ3v) is 4.19. The molecule has 122 valence electrons. The lowest BCUT2D eigenvalue weighted by atomic mass is 10.1. The van der Waals surface area contributed by atoms with E-state index in [1.54, 1.807) is 29.2 Å². The number of amides is 3. The first-order chi connectivity index (χ1) is 11.1. The first-order valence-corrected chi connectivity index (χ1v) is 7.56. The normalized spacial score (nSPS) is 20.8. The van der Waals surface area contributed by atoms with Crippen LogP contribution >= 0.6 is 0 Å². The zero-order chi connectivity index (χ0) is 16.4. The molecule has 7 nitrogen and oxygen atoms in total. The minimum absolute atomic E-state index is 0.0423. The number of morpholine rings is 1. The van der Waals surface area contributed by atoms with Gasteiger partial charge in [0, 0.05) is 19.5 Å². The van der Waals surface area contributed by atoms with Gasteiger partial charge in [0.15, 0.2) is 0 Å². The third kappa shape index (κ3) is 2.85. The molecule has 3 rings (SSSR count). The summed E-state index contributed by atoms with van der Waals surface area (Å²) in [6.07, 6.45) is 0.0436. The highest BCUT2D eigenvalue weighted by molar-refractivity contribution is 6.21. The number of hydrogen-bond acceptors (Lipinski definition) is 5. The Kier molecular flexibility index (Phi) is 4.40. The van der Waals surface area contributed by atoms with Gasteiger partial charge >= 0.3 is 0 Å². The van der Waals surface area contributed by atoms with Crippen LogP contribution in [0.25, 0.3) is 0 Å². The van der Waals surface area contributed by atoms with Gasteiger partial charge in [0.1, 0.15) is 0 Å². The number of rotatable bonds is 4. The quantitative estimate of drug-likeness (QED) is 0.783. The van der Waals surface area contributed by atoms with E-state index in [-0.39, 0.29) is 43.3 Å². The van der Waals surface area contributed by atoms with E-state index in [4.69, 9.17) is 4.74 Å². The molecule has 0 aliphatic carbocycles. The molecule has 0 spiro atoms. The van der Waals surface area contributed by atoms with Crippen molar-refractivity contribution in [3.05, 3.63) is 35.4 Å². The first-order valence-electron chi connectivity index (χ1n) is 7.56. The van der Waals surface area contributed by atoms with Crippen LogP contribution in [0, 0.1) is 0 Å². The molecule has 0 bridgehead atoms. The topological polar surface area (TPSA) is 87.2 Å². The van der Waals surface area contributed by atoms with Crippen molar-refractivity contribution < 1.29 is 24.2 Å². The van der Waals surface area contributed by atoms with Crippen LogP contribution in [-0.4, -0.2) is 71.6 Å². The summed E-state index contributed by atoms with van der Waals surface area (Å²) >= 11 is 0. The average molecular weight is 318 g/mol. The molecule has 23 heavy (non-hydrogen) atoms. The number of hydrogen-bond donors (Lipinski definition) is 1. The zero-order valence-electron chi connectivity index (χ0n) is 12.6. The number of aliphatic hydroxyl groups is 1. The largest absolute Gasteiger partial charge is 0.394 e. The van der Waals surface area contributed by atoms with Crippen LogP contribution in [0.3, 0.4) is 0 Å². The lowest BCUT2D eigenvalue weighted by molar-refractivity contribution is -0.141. The number of carbonyl (C=O) groups excluding carboxylic acids is 3. The minimum atomic E-state index is -0.363. The Labute approximate surface area is 133 Å². The summed E-state index contributed by atoms with van der Waals surface area (Å²) in [5.41, 5.74) is 0.758. The van der Waals surface area contributed by atoms with E-state index in [0.29, 0.717) is 30.9 Å². The fourth-order valence-electron chi connectivity index (χ4n) is 2.93. The van der Waals surface area contributed by atoms with E-state index in [1.165, 1.54) is 0 Å². The summed E-state index contributed by atoms with van der Waals surface area (Å²) in [5.74, 6) is -0.915. The number of aliphatic hydroxyl groups excluding tert-OH is 1. The summed E-state index contributed by atoms with van der Waals surface area (Å²) in [6.45, 7) is 1.01. The second-order valence-corrected chi connectivity index (χ2v) is 5.56. The Hall–Kier alpha value is -2.25. The fourth-order valence-corrected chi connectivity index (χ4v) is 2.93. The second-order valence-electron chi connectivity index (χ2n) is 5.56. The maximum Gasteiger partial charge on any atom is 0.261 e. The molecule has 0 radical (unpaired) electrons. The molecule has 1 fully saturated rings. The van der Waals surface area contributed by atoms with Gasteiger partial charge in [0.05, 0.1) is 37.0 Å². The van der Waals surface area contributed by atoms with Gasteiger partial charge < -0.3 is 14.7 Å². The van der Waals surface area contributed by atoms with Crippen molar-refractivity contribution in [3.8, 4) is 0 Å². The highest BCUT2D eigenvalue weighted by Crippen LogP contribution is 2.22. The van der Waals surface area contributed by atoms with Crippen molar-refractivity contribution in [2.75, 3.05) is 32.9 Å². The van der Waals surface area contributed by atoms with Crippen LogP contribution in [-0.2, 0) is 9.53 Å². The molecule has 0 aromatic heterocycles. The lowest BCUT2D eigenvalue weighted by Crippen LogP contribution is -2.51. The number of ether oxygens (including phenoxy) is 1. The van der Waals surface area contributed by atoms with Gasteiger partial charge in [-0.1, -0.05) is 12.1 Å². The molecule has 2 heterocycles. The van der Waals surface area contributed by atoms with Gasteiger partial charge in [-0.15, -0.1) is 0 Å². The predicted octanol–water partition coefficient (Wildman–Crippen LogP) is -0.108. The van der Waals surface area contributed by atoms with E-state index in [1.807, 2.05) is 0 Å². The highest BCUT2D eigenvalue weighted by Gasteiger charge is 2.36. The molecule has 1 atom stereocenters. The van der Waals surface area contributed by atoms with Crippen LogP contribution in [0.15, 0.2) is 24.3 Å². The van der Waals surface area contributed by atoms with Gasteiger partial charge in [-0.25, -0.2) is 0 Å². The second kappa shape index (κ2) is 6.47. The van der Waals surface area contributed by atoms with Crippen LogP contribution in [0.4, 0.5) is 0 Å². The van der Waals surface area contributed by atoms with Gasteiger partial charge in [-0.3, -0.25) is 19.3 Å². The van der Waals surface area contributed by atoms with E-state index < -0.39 is 0 Å².